The van der Waals surface area contributed by atoms with Crippen molar-refractivity contribution in [2.24, 2.45) is 5.73 Å². The number of hydrogen-bond donors (Lipinski definition) is 1. The van der Waals surface area contributed by atoms with Crippen LogP contribution in [0.15, 0.2) is 81.7 Å². The highest BCUT2D eigenvalue weighted by Crippen LogP contribution is 2.40. The highest BCUT2D eigenvalue weighted by atomic mass is 16.5. The SMILES string of the molecule is C[C@H](N)c1ccc(C(=O)N2C[C@@H](c3ccccc3)C[C@H]2c2noc(C(=O)c3ccccc3)n2)o1. The molecule has 1 saturated heterocycles. The zero-order chi connectivity index (χ0) is 23.7. The molecule has 0 aliphatic carbocycles. The smallest absolute Gasteiger partial charge is 0.299 e. The topological polar surface area (TPSA) is 115 Å². The van der Waals surface area contributed by atoms with Gasteiger partial charge in [-0.15, -0.1) is 0 Å². The predicted molar refractivity (Wildman–Crippen MR) is 123 cm³/mol. The molecule has 3 atom stereocenters. The van der Waals surface area contributed by atoms with Crippen LogP contribution in [0.5, 0.6) is 0 Å². The molecule has 8 nitrogen and oxygen atoms in total. The summed E-state index contributed by atoms with van der Waals surface area (Å²) in [6.07, 6.45) is 0.592. The van der Waals surface area contributed by atoms with Crippen LogP contribution in [0.1, 0.15) is 75.3 Å². The second-order valence-electron chi connectivity index (χ2n) is 8.46. The van der Waals surface area contributed by atoms with Gasteiger partial charge in [0, 0.05) is 18.0 Å². The van der Waals surface area contributed by atoms with Crippen molar-refractivity contribution >= 4 is 11.7 Å². The number of likely N-dealkylation sites (tertiary alicyclic amines) is 1. The number of hydrogen-bond acceptors (Lipinski definition) is 7. The van der Waals surface area contributed by atoms with Crippen molar-refractivity contribution < 1.29 is 18.5 Å². The molecule has 2 aromatic heterocycles. The molecule has 1 fully saturated rings. The van der Waals surface area contributed by atoms with E-state index in [1.165, 1.54) is 0 Å². The highest BCUT2D eigenvalue weighted by molar-refractivity contribution is 6.05. The summed E-state index contributed by atoms with van der Waals surface area (Å²) in [5, 5.41) is 4.08. The molecule has 0 spiro atoms. The molecule has 3 heterocycles. The molecule has 2 N–H and O–H groups in total. The first-order valence-electron chi connectivity index (χ1n) is 11.2. The maximum absolute atomic E-state index is 13.4. The van der Waals surface area contributed by atoms with Gasteiger partial charge in [-0.3, -0.25) is 9.59 Å². The molecule has 1 aliphatic rings. The summed E-state index contributed by atoms with van der Waals surface area (Å²) in [7, 11) is 0. The van der Waals surface area contributed by atoms with Crippen LogP contribution in [0.4, 0.5) is 0 Å². The van der Waals surface area contributed by atoms with E-state index in [0.717, 1.165) is 5.56 Å². The van der Waals surface area contributed by atoms with Gasteiger partial charge in [-0.05, 0) is 31.0 Å². The number of aromatic nitrogens is 2. The van der Waals surface area contributed by atoms with Gasteiger partial charge in [0.1, 0.15) is 5.76 Å². The summed E-state index contributed by atoms with van der Waals surface area (Å²) in [4.78, 5) is 32.3. The van der Waals surface area contributed by atoms with Crippen molar-refractivity contribution in [3.63, 3.8) is 0 Å². The number of amides is 1. The molecule has 1 aliphatic heterocycles. The largest absolute Gasteiger partial charge is 0.454 e. The van der Waals surface area contributed by atoms with Gasteiger partial charge in [0.2, 0.25) is 0 Å². The predicted octanol–water partition coefficient (Wildman–Crippen LogP) is 4.28. The van der Waals surface area contributed by atoms with E-state index in [-0.39, 0.29) is 35.3 Å². The van der Waals surface area contributed by atoms with E-state index in [9.17, 15) is 9.59 Å². The van der Waals surface area contributed by atoms with Crippen LogP contribution in [-0.2, 0) is 0 Å². The van der Waals surface area contributed by atoms with Crippen molar-refractivity contribution in [3.8, 4) is 0 Å². The Morgan fingerprint density at radius 3 is 2.41 bits per heavy atom. The zero-order valence-corrected chi connectivity index (χ0v) is 18.6. The number of rotatable bonds is 6. The average molecular weight is 457 g/mol. The average Bonchev–Trinajstić information content (AvgIpc) is 3.63. The van der Waals surface area contributed by atoms with Crippen molar-refractivity contribution in [2.75, 3.05) is 6.54 Å². The van der Waals surface area contributed by atoms with Gasteiger partial charge in [-0.1, -0.05) is 65.8 Å². The van der Waals surface area contributed by atoms with E-state index in [1.54, 1.807) is 48.2 Å². The zero-order valence-electron chi connectivity index (χ0n) is 18.6. The van der Waals surface area contributed by atoms with Crippen molar-refractivity contribution in [1.29, 1.82) is 0 Å². The fourth-order valence-electron chi connectivity index (χ4n) is 4.30. The highest BCUT2D eigenvalue weighted by Gasteiger charge is 2.41. The first-order valence-corrected chi connectivity index (χ1v) is 11.2. The normalized spacial score (nSPS) is 18.7. The molecule has 5 rings (SSSR count). The fraction of sp³-hybridized carbons (Fsp3) is 0.231. The first kappa shape index (κ1) is 21.8. The summed E-state index contributed by atoms with van der Waals surface area (Å²) in [5.74, 6) is 0.367. The van der Waals surface area contributed by atoms with Crippen molar-refractivity contribution in [1.82, 2.24) is 15.0 Å². The first-order chi connectivity index (χ1) is 16.5. The maximum atomic E-state index is 13.4. The van der Waals surface area contributed by atoms with Crippen LogP contribution >= 0.6 is 0 Å². The summed E-state index contributed by atoms with van der Waals surface area (Å²) in [6.45, 7) is 2.25. The second-order valence-corrected chi connectivity index (χ2v) is 8.46. The van der Waals surface area contributed by atoms with E-state index in [0.29, 0.717) is 30.1 Å². The number of furan rings is 1. The number of benzene rings is 2. The number of carbonyl (C=O) groups excluding carboxylic acids is 2. The molecule has 1 amide bonds. The lowest BCUT2D eigenvalue weighted by atomic mass is 9.96. The monoisotopic (exact) mass is 456 g/mol. The summed E-state index contributed by atoms with van der Waals surface area (Å²) in [5.41, 5.74) is 7.46. The van der Waals surface area contributed by atoms with E-state index in [1.807, 2.05) is 36.4 Å². The molecule has 0 bridgehead atoms. The number of ketones is 1. The minimum atomic E-state index is -0.470. The molecule has 2 aromatic carbocycles. The van der Waals surface area contributed by atoms with Crippen LogP contribution < -0.4 is 5.73 Å². The van der Waals surface area contributed by atoms with Crippen molar-refractivity contribution in [3.05, 3.63) is 107 Å². The van der Waals surface area contributed by atoms with Crippen LogP contribution in [0, 0.1) is 0 Å². The van der Waals surface area contributed by atoms with Crippen LogP contribution in [-0.4, -0.2) is 33.3 Å². The van der Waals surface area contributed by atoms with Gasteiger partial charge >= 0.3 is 0 Å². The molecule has 8 heteroatoms. The third-order valence-electron chi connectivity index (χ3n) is 6.09. The minimum Gasteiger partial charge on any atom is -0.454 e. The fourth-order valence-corrected chi connectivity index (χ4v) is 4.30. The van der Waals surface area contributed by atoms with Crippen LogP contribution in [0.3, 0.4) is 0 Å². The Labute approximate surface area is 196 Å². The summed E-state index contributed by atoms with van der Waals surface area (Å²) >= 11 is 0. The van der Waals surface area contributed by atoms with E-state index in [2.05, 4.69) is 10.1 Å². The van der Waals surface area contributed by atoms with Gasteiger partial charge in [0.15, 0.2) is 11.6 Å². The number of nitrogens with zero attached hydrogens (tertiary/aromatic N) is 3. The third-order valence-corrected chi connectivity index (χ3v) is 6.09. The van der Waals surface area contributed by atoms with Gasteiger partial charge < -0.3 is 19.6 Å². The lowest BCUT2D eigenvalue weighted by molar-refractivity contribution is 0.0692. The molecule has 0 radical (unpaired) electrons. The van der Waals surface area contributed by atoms with Crippen molar-refractivity contribution in [2.45, 2.75) is 31.3 Å². The van der Waals surface area contributed by atoms with Gasteiger partial charge in [0.25, 0.3) is 17.6 Å². The lowest BCUT2D eigenvalue weighted by Gasteiger charge is -2.21. The van der Waals surface area contributed by atoms with Gasteiger partial charge in [0.05, 0.1) is 12.1 Å². The molecule has 172 valence electrons. The maximum Gasteiger partial charge on any atom is 0.299 e. The Kier molecular flexibility index (Phi) is 5.81. The Hall–Kier alpha value is -4.04. The second kappa shape index (κ2) is 9.07. The Morgan fingerprint density at radius 2 is 1.74 bits per heavy atom. The minimum absolute atomic E-state index is 0.0739. The molecular weight excluding hydrogens is 432 g/mol. The molecule has 4 aromatic rings. The summed E-state index contributed by atoms with van der Waals surface area (Å²) in [6, 6.07) is 21.3. The molecule has 34 heavy (non-hydrogen) atoms. The molecule has 0 saturated carbocycles. The quantitative estimate of drug-likeness (QED) is 0.430. The molecule has 0 unspecified atom stereocenters. The van der Waals surface area contributed by atoms with E-state index in [4.69, 9.17) is 14.7 Å². The van der Waals surface area contributed by atoms with Gasteiger partial charge in [-0.25, -0.2) is 0 Å². The number of nitrogens with two attached hydrogens (primary N) is 1. The van der Waals surface area contributed by atoms with Crippen LogP contribution in [0.2, 0.25) is 0 Å². The third kappa shape index (κ3) is 4.15. The Morgan fingerprint density at radius 1 is 1.03 bits per heavy atom. The van der Waals surface area contributed by atoms with Crippen LogP contribution in [0.25, 0.3) is 0 Å². The lowest BCUT2D eigenvalue weighted by Crippen LogP contribution is -2.31. The number of carbonyl (C=O) groups is 2. The van der Waals surface area contributed by atoms with E-state index >= 15 is 0 Å². The molecular formula is C26H24N4O4. The Balaban J connectivity index is 1.46. The summed E-state index contributed by atoms with van der Waals surface area (Å²) < 4.78 is 11.0. The standard InChI is InChI=1S/C26H24N4O4/c1-16(27)21-12-13-22(33-21)26(32)30-15-19(17-8-4-2-5-9-17)14-20(30)24-28-25(34-29-24)23(31)18-10-6-3-7-11-18/h2-13,16,19-20H,14-15,27H2,1H3/t16-,19-,20-/m0/s1. The van der Waals surface area contributed by atoms with Gasteiger partial charge in [-0.2, -0.15) is 4.98 Å². The van der Waals surface area contributed by atoms with E-state index < -0.39 is 6.04 Å². The Bertz CT molecular complexity index is 1300.